The van der Waals surface area contributed by atoms with Gasteiger partial charge < -0.3 is 33.8 Å². The van der Waals surface area contributed by atoms with Crippen molar-refractivity contribution >= 4 is 39.5 Å². The fourth-order valence-electron chi connectivity index (χ4n) is 11.4. The van der Waals surface area contributed by atoms with Gasteiger partial charge in [0.2, 0.25) is 0 Å². The lowest BCUT2D eigenvalue weighted by Gasteiger charge is -2.21. The third-order valence-corrected chi connectivity index (χ3v) is 19.2. The highest BCUT2D eigenvalue weighted by Crippen LogP contribution is 2.45. The minimum absolute atomic E-state index is 0.107. The number of aliphatic hydroxyl groups excluding tert-OH is 1. The van der Waals surface area contributed by atoms with Crippen LogP contribution in [0.2, 0.25) is 0 Å². The molecule has 0 rings (SSSR count). The number of hydrogen-bond donors (Lipinski definition) is 3. The zero-order valence-electron chi connectivity index (χ0n) is 60.4. The van der Waals surface area contributed by atoms with Gasteiger partial charge in [-0.2, -0.15) is 0 Å². The molecule has 0 saturated carbocycles. The summed E-state index contributed by atoms with van der Waals surface area (Å²) in [4.78, 5) is 72.8. The Labute approximate surface area is 568 Å². The molecule has 2 unspecified atom stereocenters. The van der Waals surface area contributed by atoms with Crippen molar-refractivity contribution in [2.45, 2.75) is 406 Å². The van der Waals surface area contributed by atoms with Gasteiger partial charge in [0.15, 0.2) is 12.2 Å². The molecule has 0 spiro atoms. The number of ether oxygens (including phenoxy) is 4. The lowest BCUT2D eigenvalue weighted by molar-refractivity contribution is -0.161. The van der Waals surface area contributed by atoms with Crippen LogP contribution in [0, 0.1) is 5.92 Å². The van der Waals surface area contributed by atoms with E-state index >= 15 is 0 Å². The van der Waals surface area contributed by atoms with Gasteiger partial charge in [-0.3, -0.25) is 37.3 Å². The Bertz CT molecular complexity index is 1790. The third kappa shape index (κ3) is 68.4. The van der Waals surface area contributed by atoms with E-state index in [9.17, 15) is 43.2 Å². The Hall–Kier alpha value is -1.94. The normalized spacial score (nSPS) is 14.0. The van der Waals surface area contributed by atoms with Gasteiger partial charge in [-0.15, -0.1) is 0 Å². The monoisotopic (exact) mass is 1370 g/mol. The highest BCUT2D eigenvalue weighted by Gasteiger charge is 2.30. The summed E-state index contributed by atoms with van der Waals surface area (Å²) >= 11 is 0. The van der Waals surface area contributed by atoms with Crippen LogP contribution in [-0.4, -0.2) is 96.7 Å². The zero-order valence-corrected chi connectivity index (χ0v) is 62.2. The summed E-state index contributed by atoms with van der Waals surface area (Å²) in [6.07, 6.45) is 55.2. The second-order valence-corrected chi connectivity index (χ2v) is 30.1. The molecule has 19 heteroatoms. The van der Waals surface area contributed by atoms with Crippen molar-refractivity contribution in [3.05, 3.63) is 0 Å². The van der Waals surface area contributed by atoms with E-state index in [4.69, 9.17) is 37.0 Å². The molecule has 0 bridgehead atoms. The van der Waals surface area contributed by atoms with E-state index in [1.165, 1.54) is 212 Å². The topological polar surface area (TPSA) is 237 Å². The molecule has 552 valence electrons. The molecule has 0 saturated heterocycles. The maximum absolute atomic E-state index is 13.1. The van der Waals surface area contributed by atoms with Gasteiger partial charge in [-0.05, 0) is 31.6 Å². The van der Waals surface area contributed by atoms with Gasteiger partial charge in [-0.1, -0.05) is 336 Å². The molecule has 0 amide bonds. The van der Waals surface area contributed by atoms with Crippen molar-refractivity contribution in [2.75, 3.05) is 39.6 Å². The van der Waals surface area contributed by atoms with Gasteiger partial charge in [0.05, 0.1) is 26.4 Å². The van der Waals surface area contributed by atoms with Crippen molar-refractivity contribution in [3.8, 4) is 0 Å². The second-order valence-electron chi connectivity index (χ2n) is 27.2. The molecule has 0 aliphatic heterocycles. The van der Waals surface area contributed by atoms with Crippen molar-refractivity contribution in [2.24, 2.45) is 5.92 Å². The molecule has 0 heterocycles. The molecule has 0 aliphatic carbocycles. The largest absolute Gasteiger partial charge is 0.472 e. The van der Waals surface area contributed by atoms with Crippen LogP contribution in [0.25, 0.3) is 0 Å². The fourth-order valence-corrected chi connectivity index (χ4v) is 12.9. The number of hydrogen-bond acceptors (Lipinski definition) is 15. The van der Waals surface area contributed by atoms with Crippen LogP contribution in [0.3, 0.4) is 0 Å². The van der Waals surface area contributed by atoms with E-state index in [2.05, 4.69) is 34.6 Å². The van der Waals surface area contributed by atoms with E-state index < -0.39 is 97.5 Å². The van der Waals surface area contributed by atoms with Crippen molar-refractivity contribution in [1.82, 2.24) is 0 Å². The smallest absolute Gasteiger partial charge is 0.462 e. The Morgan fingerprint density at radius 1 is 0.290 bits per heavy atom. The van der Waals surface area contributed by atoms with Crippen LogP contribution < -0.4 is 0 Å². The summed E-state index contributed by atoms with van der Waals surface area (Å²) < 4.78 is 68.5. The van der Waals surface area contributed by atoms with Crippen molar-refractivity contribution < 1.29 is 80.2 Å². The number of esters is 4. The standard InChI is InChI=1S/C74H144O17P2/c1-6-9-12-15-18-21-24-27-32-37-42-47-52-57-71(76)84-63-69(90-73(78)59-54-49-44-39-34-29-26-23-20-17-14-11-8-3)65-88-92(80,81)86-61-68(75)62-87-93(82,83)89-66-70(64-85-72(77)58-53-48-43-38-33-28-25-22-19-16-13-10-7-2)91-74(79)60-55-50-45-40-35-30-31-36-41-46-51-56-67(4)5/h67-70,75H,6-66H2,1-5H3,(H,80,81)(H,82,83)/t68-,69+,70+/m0/s1. The number of rotatable bonds is 74. The Morgan fingerprint density at radius 3 is 0.731 bits per heavy atom. The predicted octanol–water partition coefficient (Wildman–Crippen LogP) is 21.7. The number of carbonyl (C=O) groups excluding carboxylic acids is 4. The van der Waals surface area contributed by atoms with Crippen LogP contribution in [-0.2, 0) is 65.4 Å². The molecule has 0 aliphatic rings. The quantitative estimate of drug-likeness (QED) is 0.0222. The zero-order chi connectivity index (χ0) is 68.4. The molecule has 0 aromatic carbocycles. The number of phosphoric acid groups is 2. The minimum Gasteiger partial charge on any atom is -0.462 e. The number of aliphatic hydroxyl groups is 1. The van der Waals surface area contributed by atoms with Gasteiger partial charge in [0.25, 0.3) is 0 Å². The van der Waals surface area contributed by atoms with Crippen LogP contribution >= 0.6 is 15.6 Å². The maximum atomic E-state index is 13.1. The second kappa shape index (κ2) is 67.3. The fraction of sp³-hybridized carbons (Fsp3) is 0.946. The SMILES string of the molecule is CCCCCCCCCCCCCCCC(=O)OC[C@H](COP(=O)(O)OC[C@H](O)COP(=O)(O)OC[C@@H](COC(=O)CCCCCCCCCCCCCCC)OC(=O)CCCCCCCCCCCCCC(C)C)OC(=O)CCCCCCCCCCCCCCC. The molecule has 0 aromatic rings. The average Bonchev–Trinajstić information content (AvgIpc) is 1.99. The first-order valence-corrected chi connectivity index (χ1v) is 41.6. The van der Waals surface area contributed by atoms with Crippen LogP contribution in [0.4, 0.5) is 0 Å². The molecule has 0 fully saturated rings. The lowest BCUT2D eigenvalue weighted by Crippen LogP contribution is -2.30. The highest BCUT2D eigenvalue weighted by atomic mass is 31.2. The minimum atomic E-state index is -4.95. The summed E-state index contributed by atoms with van der Waals surface area (Å²) in [5.41, 5.74) is 0. The number of carbonyl (C=O) groups is 4. The molecule has 0 radical (unpaired) electrons. The van der Waals surface area contributed by atoms with E-state index in [0.717, 1.165) is 95.8 Å². The van der Waals surface area contributed by atoms with Gasteiger partial charge in [0.1, 0.15) is 19.3 Å². The molecular formula is C74H144O17P2. The Morgan fingerprint density at radius 2 is 0.495 bits per heavy atom. The molecule has 17 nitrogen and oxygen atoms in total. The first-order valence-electron chi connectivity index (χ1n) is 38.6. The Balaban J connectivity index is 5.26. The predicted molar refractivity (Wildman–Crippen MR) is 377 cm³/mol. The molecule has 5 atom stereocenters. The third-order valence-electron chi connectivity index (χ3n) is 17.3. The first-order chi connectivity index (χ1) is 45.0. The molecule has 93 heavy (non-hydrogen) atoms. The van der Waals surface area contributed by atoms with E-state index in [1.54, 1.807) is 0 Å². The highest BCUT2D eigenvalue weighted by molar-refractivity contribution is 7.47. The molecular weight excluding hydrogens is 1220 g/mol. The lowest BCUT2D eigenvalue weighted by atomic mass is 10.0. The number of phosphoric ester groups is 2. The average molecular weight is 1370 g/mol. The molecule has 0 aromatic heterocycles. The Kier molecular flexibility index (Phi) is 65.9. The van der Waals surface area contributed by atoms with E-state index in [0.29, 0.717) is 25.7 Å². The van der Waals surface area contributed by atoms with E-state index in [-0.39, 0.29) is 25.7 Å². The summed E-state index contributed by atoms with van der Waals surface area (Å²) in [6.45, 7) is 7.29. The van der Waals surface area contributed by atoms with Crippen molar-refractivity contribution in [3.63, 3.8) is 0 Å². The van der Waals surface area contributed by atoms with Gasteiger partial charge in [-0.25, -0.2) is 9.13 Å². The van der Waals surface area contributed by atoms with Crippen LogP contribution in [0.15, 0.2) is 0 Å². The maximum Gasteiger partial charge on any atom is 0.472 e. The van der Waals surface area contributed by atoms with Crippen LogP contribution in [0.5, 0.6) is 0 Å². The summed E-state index contributed by atoms with van der Waals surface area (Å²) in [6, 6.07) is 0. The number of unbranched alkanes of at least 4 members (excludes halogenated alkanes) is 46. The van der Waals surface area contributed by atoms with E-state index in [1.807, 2.05) is 0 Å². The summed E-state index contributed by atoms with van der Waals surface area (Å²) in [5.74, 6) is -1.35. The summed E-state index contributed by atoms with van der Waals surface area (Å²) in [5, 5.41) is 10.6. The first kappa shape index (κ1) is 91.1. The van der Waals surface area contributed by atoms with Gasteiger partial charge >= 0.3 is 39.5 Å². The van der Waals surface area contributed by atoms with Crippen LogP contribution in [0.1, 0.15) is 388 Å². The summed E-state index contributed by atoms with van der Waals surface area (Å²) in [7, 11) is -9.91. The van der Waals surface area contributed by atoms with Gasteiger partial charge in [0, 0.05) is 25.7 Å². The van der Waals surface area contributed by atoms with Crippen molar-refractivity contribution in [1.29, 1.82) is 0 Å². The molecule has 3 N–H and O–H groups in total.